The average molecular weight is 418 g/mol. The van der Waals surface area contributed by atoms with E-state index in [1.165, 1.54) is 11.1 Å². The van der Waals surface area contributed by atoms with Gasteiger partial charge >= 0.3 is 0 Å². The molecular formula is C23H27N7O. The SMILES string of the molecule is CC(C)N1CCc2cnc(C(=O)Nc3cccc(-c4nnc5n4CCCC5)n3)cc2C1. The van der Waals surface area contributed by atoms with Crippen molar-refractivity contribution in [2.45, 2.75) is 58.7 Å². The number of aromatic nitrogens is 5. The minimum Gasteiger partial charge on any atom is -0.310 e. The maximum absolute atomic E-state index is 12.9. The van der Waals surface area contributed by atoms with Gasteiger partial charge in [0, 0.05) is 38.3 Å². The molecule has 5 heterocycles. The molecule has 2 aliphatic heterocycles. The number of anilines is 1. The lowest BCUT2D eigenvalue weighted by molar-refractivity contribution is 0.102. The summed E-state index contributed by atoms with van der Waals surface area (Å²) in [5, 5.41) is 11.5. The molecule has 0 radical (unpaired) electrons. The standard InChI is InChI=1S/C23H27N7O/c1-15(2)29-11-9-16-13-24-19(12-17(16)14-29)23(31)26-20-7-5-6-18(25-20)22-28-27-21-8-3-4-10-30(21)22/h5-7,12-13,15H,3-4,8-11,14H2,1-2H3,(H,25,26,31). The fraction of sp³-hybridized carbons (Fsp3) is 0.435. The maximum Gasteiger partial charge on any atom is 0.275 e. The molecule has 8 heteroatoms. The Bertz CT molecular complexity index is 1120. The highest BCUT2D eigenvalue weighted by molar-refractivity contribution is 6.02. The van der Waals surface area contributed by atoms with E-state index < -0.39 is 0 Å². The van der Waals surface area contributed by atoms with Crippen molar-refractivity contribution in [3.8, 4) is 11.5 Å². The van der Waals surface area contributed by atoms with Crippen molar-refractivity contribution in [1.29, 1.82) is 0 Å². The van der Waals surface area contributed by atoms with Crippen LogP contribution in [-0.4, -0.2) is 48.1 Å². The average Bonchev–Trinajstić information content (AvgIpc) is 3.22. The van der Waals surface area contributed by atoms with Crippen LogP contribution in [0, 0.1) is 0 Å². The van der Waals surface area contributed by atoms with E-state index >= 15 is 0 Å². The number of nitrogens with zero attached hydrogens (tertiary/aromatic N) is 6. The number of pyridine rings is 2. The lowest BCUT2D eigenvalue weighted by Crippen LogP contribution is -2.36. The Morgan fingerprint density at radius 3 is 2.87 bits per heavy atom. The van der Waals surface area contributed by atoms with Crippen molar-refractivity contribution in [3.05, 3.63) is 53.1 Å². The molecule has 0 aromatic carbocycles. The second kappa shape index (κ2) is 8.19. The number of carbonyl (C=O) groups is 1. The van der Waals surface area contributed by atoms with E-state index in [2.05, 4.69) is 48.8 Å². The van der Waals surface area contributed by atoms with E-state index in [4.69, 9.17) is 0 Å². The molecule has 31 heavy (non-hydrogen) atoms. The molecule has 8 nitrogen and oxygen atoms in total. The molecule has 5 rings (SSSR count). The molecule has 0 bridgehead atoms. The van der Waals surface area contributed by atoms with Gasteiger partial charge in [-0.15, -0.1) is 10.2 Å². The summed E-state index contributed by atoms with van der Waals surface area (Å²) in [6.45, 7) is 7.18. The number of hydrogen-bond donors (Lipinski definition) is 1. The predicted molar refractivity (Wildman–Crippen MR) is 118 cm³/mol. The Kier molecular flexibility index (Phi) is 5.23. The molecule has 0 saturated heterocycles. The quantitative estimate of drug-likeness (QED) is 0.702. The van der Waals surface area contributed by atoms with Crippen LogP contribution in [0.5, 0.6) is 0 Å². The van der Waals surface area contributed by atoms with Crippen LogP contribution in [0.4, 0.5) is 5.82 Å². The van der Waals surface area contributed by atoms with Crippen molar-refractivity contribution >= 4 is 11.7 Å². The lowest BCUT2D eigenvalue weighted by Gasteiger charge is -2.31. The smallest absolute Gasteiger partial charge is 0.275 e. The molecule has 0 fully saturated rings. The van der Waals surface area contributed by atoms with Crippen molar-refractivity contribution in [2.24, 2.45) is 0 Å². The molecule has 0 aliphatic carbocycles. The molecule has 0 atom stereocenters. The number of fused-ring (bicyclic) bond motifs is 2. The van der Waals surface area contributed by atoms with E-state index in [0.29, 0.717) is 23.2 Å². The van der Waals surface area contributed by atoms with Gasteiger partial charge in [-0.1, -0.05) is 6.07 Å². The van der Waals surface area contributed by atoms with E-state index in [0.717, 1.165) is 57.0 Å². The molecule has 1 N–H and O–H groups in total. The van der Waals surface area contributed by atoms with Gasteiger partial charge in [0.1, 0.15) is 23.0 Å². The van der Waals surface area contributed by atoms with Gasteiger partial charge in [-0.3, -0.25) is 14.7 Å². The number of nitrogens with one attached hydrogen (secondary N) is 1. The molecule has 160 valence electrons. The van der Waals surface area contributed by atoms with Gasteiger partial charge in [0.05, 0.1) is 0 Å². The highest BCUT2D eigenvalue weighted by atomic mass is 16.1. The van der Waals surface area contributed by atoms with Crippen molar-refractivity contribution in [3.63, 3.8) is 0 Å². The molecule has 1 amide bonds. The van der Waals surface area contributed by atoms with Crippen LogP contribution in [-0.2, 0) is 25.9 Å². The highest BCUT2D eigenvalue weighted by Crippen LogP contribution is 2.23. The Hall–Kier alpha value is -3.13. The van der Waals surface area contributed by atoms with Gasteiger partial charge < -0.3 is 9.88 Å². The van der Waals surface area contributed by atoms with Crippen LogP contribution < -0.4 is 5.32 Å². The highest BCUT2D eigenvalue weighted by Gasteiger charge is 2.21. The van der Waals surface area contributed by atoms with E-state index in [-0.39, 0.29) is 5.91 Å². The largest absolute Gasteiger partial charge is 0.310 e. The van der Waals surface area contributed by atoms with Crippen LogP contribution in [0.2, 0.25) is 0 Å². The third kappa shape index (κ3) is 3.95. The van der Waals surface area contributed by atoms with Gasteiger partial charge in [-0.25, -0.2) is 4.98 Å². The zero-order valence-electron chi connectivity index (χ0n) is 18.0. The zero-order chi connectivity index (χ0) is 21.4. The Labute approximate surface area is 181 Å². The minimum atomic E-state index is -0.252. The van der Waals surface area contributed by atoms with Crippen LogP contribution in [0.15, 0.2) is 30.5 Å². The minimum absolute atomic E-state index is 0.252. The molecule has 3 aromatic heterocycles. The van der Waals surface area contributed by atoms with Gasteiger partial charge in [-0.05, 0) is 62.4 Å². The summed E-state index contributed by atoms with van der Waals surface area (Å²) in [5.74, 6) is 1.99. The summed E-state index contributed by atoms with van der Waals surface area (Å²) in [6.07, 6.45) is 6.02. The second-order valence-electron chi connectivity index (χ2n) is 8.56. The second-order valence-corrected chi connectivity index (χ2v) is 8.56. The Morgan fingerprint density at radius 1 is 1.10 bits per heavy atom. The summed E-state index contributed by atoms with van der Waals surface area (Å²) < 4.78 is 2.13. The number of aryl methyl sites for hydroxylation is 1. The predicted octanol–water partition coefficient (Wildman–Crippen LogP) is 3.09. The normalized spacial score (nSPS) is 16.1. The maximum atomic E-state index is 12.9. The van der Waals surface area contributed by atoms with E-state index in [1.807, 2.05) is 24.4 Å². The lowest BCUT2D eigenvalue weighted by atomic mass is 10.00. The summed E-state index contributed by atoms with van der Waals surface area (Å²) in [7, 11) is 0. The first-order chi connectivity index (χ1) is 15.1. The van der Waals surface area contributed by atoms with Crippen molar-refractivity contribution in [2.75, 3.05) is 11.9 Å². The van der Waals surface area contributed by atoms with Crippen LogP contribution in [0.3, 0.4) is 0 Å². The van der Waals surface area contributed by atoms with Gasteiger partial charge in [0.15, 0.2) is 5.82 Å². The van der Waals surface area contributed by atoms with Crippen molar-refractivity contribution in [1.82, 2.24) is 29.6 Å². The summed E-state index contributed by atoms with van der Waals surface area (Å²) >= 11 is 0. The molecule has 0 spiro atoms. The summed E-state index contributed by atoms with van der Waals surface area (Å²) in [6, 6.07) is 7.96. The van der Waals surface area contributed by atoms with Gasteiger partial charge in [0.25, 0.3) is 5.91 Å². The van der Waals surface area contributed by atoms with E-state index in [9.17, 15) is 4.79 Å². The number of amides is 1. The van der Waals surface area contributed by atoms with E-state index in [1.54, 1.807) is 6.07 Å². The monoisotopic (exact) mass is 417 g/mol. The fourth-order valence-electron chi connectivity index (χ4n) is 4.33. The van der Waals surface area contributed by atoms with Crippen LogP contribution >= 0.6 is 0 Å². The molecular weight excluding hydrogens is 390 g/mol. The third-order valence-electron chi connectivity index (χ3n) is 6.17. The number of carbonyl (C=O) groups excluding carboxylic acids is 1. The first-order valence-corrected chi connectivity index (χ1v) is 11.0. The van der Waals surface area contributed by atoms with Gasteiger partial charge in [0.2, 0.25) is 0 Å². The fourth-order valence-corrected chi connectivity index (χ4v) is 4.33. The molecule has 0 saturated carbocycles. The Balaban J connectivity index is 1.35. The summed E-state index contributed by atoms with van der Waals surface area (Å²) in [4.78, 5) is 24.3. The van der Waals surface area contributed by atoms with Crippen LogP contribution in [0.1, 0.15) is 54.1 Å². The number of hydrogen-bond acceptors (Lipinski definition) is 6. The molecule has 0 unspecified atom stereocenters. The topological polar surface area (TPSA) is 88.8 Å². The summed E-state index contributed by atoms with van der Waals surface area (Å²) in [5.41, 5.74) is 3.53. The van der Waals surface area contributed by atoms with Gasteiger partial charge in [-0.2, -0.15) is 0 Å². The Morgan fingerprint density at radius 2 is 2.00 bits per heavy atom. The van der Waals surface area contributed by atoms with Crippen molar-refractivity contribution < 1.29 is 4.79 Å². The number of rotatable bonds is 4. The zero-order valence-corrected chi connectivity index (χ0v) is 18.0. The molecule has 2 aliphatic rings. The first-order valence-electron chi connectivity index (χ1n) is 11.0. The first kappa shape index (κ1) is 19.8. The third-order valence-corrected chi connectivity index (χ3v) is 6.17. The van der Waals surface area contributed by atoms with Crippen LogP contribution in [0.25, 0.3) is 11.5 Å². The molecule has 3 aromatic rings.